The fourth-order valence-corrected chi connectivity index (χ4v) is 5.08. The van der Waals surface area contributed by atoms with E-state index in [1.165, 1.54) is 6.33 Å². The summed E-state index contributed by atoms with van der Waals surface area (Å²) in [4.78, 5) is 36.7. The van der Waals surface area contributed by atoms with Gasteiger partial charge in [0, 0.05) is 5.92 Å². The number of carbonyl (C=O) groups is 2. The first-order valence-electron chi connectivity index (χ1n) is 11.7. The molecule has 4 aromatic rings. The molecule has 36 heavy (non-hydrogen) atoms. The molecule has 2 N–H and O–H groups in total. The van der Waals surface area contributed by atoms with Crippen molar-refractivity contribution in [3.8, 4) is 11.1 Å². The van der Waals surface area contributed by atoms with Crippen LogP contribution in [0.4, 0.5) is 10.6 Å². The third-order valence-electron chi connectivity index (χ3n) is 6.75. The van der Waals surface area contributed by atoms with E-state index in [-0.39, 0.29) is 24.4 Å². The van der Waals surface area contributed by atoms with E-state index in [0.717, 1.165) is 22.3 Å². The molecule has 2 aliphatic rings. The van der Waals surface area contributed by atoms with Crippen LogP contribution in [0.15, 0.2) is 61.2 Å². The summed E-state index contributed by atoms with van der Waals surface area (Å²) >= 11 is 0. The number of ether oxygens (including phenoxy) is 2. The number of rotatable bonds is 6. The highest BCUT2D eigenvalue weighted by molar-refractivity contribution is 5.93. The van der Waals surface area contributed by atoms with Crippen LogP contribution in [0.2, 0.25) is 0 Å². The lowest BCUT2D eigenvalue weighted by atomic mass is 9.98. The maximum atomic E-state index is 12.7. The summed E-state index contributed by atoms with van der Waals surface area (Å²) in [6.07, 6.45) is 2.36. The summed E-state index contributed by atoms with van der Waals surface area (Å²) in [7, 11) is 0. The van der Waals surface area contributed by atoms with Gasteiger partial charge in [-0.25, -0.2) is 24.5 Å². The van der Waals surface area contributed by atoms with Crippen molar-refractivity contribution >= 4 is 29.0 Å². The minimum atomic E-state index is -0.954. The van der Waals surface area contributed by atoms with Crippen molar-refractivity contribution in [1.29, 1.82) is 0 Å². The van der Waals surface area contributed by atoms with Crippen molar-refractivity contribution in [1.82, 2.24) is 19.5 Å². The summed E-state index contributed by atoms with van der Waals surface area (Å²) in [5.74, 6) is -0.759. The van der Waals surface area contributed by atoms with Crippen LogP contribution in [-0.4, -0.2) is 55.5 Å². The maximum absolute atomic E-state index is 12.7. The number of carboxylic acids is 1. The molecule has 1 saturated heterocycles. The molecule has 0 saturated carbocycles. The summed E-state index contributed by atoms with van der Waals surface area (Å²) in [5, 5.41) is 11.8. The molecule has 0 radical (unpaired) electrons. The predicted molar refractivity (Wildman–Crippen MR) is 130 cm³/mol. The number of hydrogen-bond donors (Lipinski definition) is 2. The standard InChI is InChI=1S/C26H23N5O5/c32-25(33)21-10-9-15(36-21)11-31-14-29-22-23(27-13-28-24(22)31)30-26(34)35-12-20-18-7-3-1-5-16(18)17-6-2-4-8-19(17)20/h1-8,13-15,20-21H,9-12H2,(H,32,33)(H,27,28,30,34)/t15-,21+/m1/s1. The summed E-state index contributed by atoms with van der Waals surface area (Å²) < 4.78 is 13.0. The second-order valence-corrected chi connectivity index (χ2v) is 8.90. The molecular formula is C26H23N5O5. The fourth-order valence-electron chi connectivity index (χ4n) is 5.08. The molecule has 3 heterocycles. The van der Waals surface area contributed by atoms with Gasteiger partial charge in [0.05, 0.1) is 19.0 Å². The molecule has 0 unspecified atom stereocenters. The van der Waals surface area contributed by atoms with Gasteiger partial charge in [-0.1, -0.05) is 48.5 Å². The smallest absolute Gasteiger partial charge is 0.412 e. The SMILES string of the molecule is O=C(Nc1ncnc2c1ncn2C[C@H]1CC[C@@H](C(=O)O)O1)OCC1c2ccccc2-c2ccccc21. The van der Waals surface area contributed by atoms with Crippen molar-refractivity contribution in [2.75, 3.05) is 11.9 Å². The van der Waals surface area contributed by atoms with Gasteiger partial charge in [0.1, 0.15) is 12.9 Å². The Morgan fingerprint density at radius 3 is 2.44 bits per heavy atom. The van der Waals surface area contributed by atoms with Gasteiger partial charge in [0.25, 0.3) is 0 Å². The number of nitrogens with zero attached hydrogens (tertiary/aromatic N) is 4. The number of carboxylic acid groups (broad SMARTS) is 1. The predicted octanol–water partition coefficient (Wildman–Crippen LogP) is 3.82. The van der Waals surface area contributed by atoms with Gasteiger partial charge in [-0.05, 0) is 35.1 Å². The van der Waals surface area contributed by atoms with Gasteiger partial charge in [0.15, 0.2) is 23.1 Å². The number of anilines is 1. The van der Waals surface area contributed by atoms with Crippen LogP contribution in [0.3, 0.4) is 0 Å². The molecule has 1 fully saturated rings. The number of nitrogens with one attached hydrogen (secondary N) is 1. The minimum absolute atomic E-state index is 0.0474. The Morgan fingerprint density at radius 2 is 1.75 bits per heavy atom. The Labute approximate surface area is 205 Å². The van der Waals surface area contributed by atoms with Crippen molar-refractivity contribution in [3.63, 3.8) is 0 Å². The van der Waals surface area contributed by atoms with Gasteiger partial charge < -0.3 is 19.1 Å². The molecule has 10 nitrogen and oxygen atoms in total. The Balaban J connectivity index is 1.14. The van der Waals surface area contributed by atoms with E-state index in [2.05, 4.69) is 44.5 Å². The van der Waals surface area contributed by atoms with E-state index in [4.69, 9.17) is 14.6 Å². The molecule has 2 aromatic heterocycles. The quantitative estimate of drug-likeness (QED) is 0.422. The largest absolute Gasteiger partial charge is 0.479 e. The molecular weight excluding hydrogens is 462 g/mol. The third-order valence-corrected chi connectivity index (χ3v) is 6.75. The molecule has 0 bridgehead atoms. The van der Waals surface area contributed by atoms with Gasteiger partial charge in [-0.3, -0.25) is 5.32 Å². The van der Waals surface area contributed by atoms with E-state index in [1.807, 2.05) is 24.3 Å². The summed E-state index contributed by atoms with van der Waals surface area (Å²) in [6, 6.07) is 16.3. The van der Waals surface area contributed by atoms with E-state index >= 15 is 0 Å². The number of hydrogen-bond acceptors (Lipinski definition) is 7. The van der Waals surface area contributed by atoms with Crippen LogP contribution in [0, 0.1) is 0 Å². The first-order chi connectivity index (χ1) is 17.6. The number of aliphatic carboxylic acids is 1. The van der Waals surface area contributed by atoms with E-state index in [1.54, 1.807) is 10.9 Å². The molecule has 0 spiro atoms. The summed E-state index contributed by atoms with van der Waals surface area (Å²) in [6.45, 7) is 0.591. The number of amides is 1. The Kier molecular flexibility index (Phi) is 5.57. The molecule has 6 rings (SSSR count). The Bertz CT molecular complexity index is 1420. The highest BCUT2D eigenvalue weighted by atomic mass is 16.5. The average molecular weight is 486 g/mol. The maximum Gasteiger partial charge on any atom is 0.412 e. The lowest BCUT2D eigenvalue weighted by Gasteiger charge is -2.14. The molecule has 1 aliphatic heterocycles. The first-order valence-corrected chi connectivity index (χ1v) is 11.7. The number of fused-ring (bicyclic) bond motifs is 4. The topological polar surface area (TPSA) is 128 Å². The average Bonchev–Trinajstić information content (AvgIpc) is 3.60. The van der Waals surface area contributed by atoms with Crippen LogP contribution < -0.4 is 5.32 Å². The van der Waals surface area contributed by atoms with Crippen LogP contribution >= 0.6 is 0 Å². The number of benzene rings is 2. The van der Waals surface area contributed by atoms with Crippen LogP contribution in [0.5, 0.6) is 0 Å². The monoisotopic (exact) mass is 485 g/mol. The highest BCUT2D eigenvalue weighted by Crippen LogP contribution is 2.44. The lowest BCUT2D eigenvalue weighted by molar-refractivity contribution is -0.149. The number of imidazole rings is 1. The number of aromatic nitrogens is 4. The van der Waals surface area contributed by atoms with Crippen molar-refractivity contribution < 1.29 is 24.2 Å². The van der Waals surface area contributed by atoms with Gasteiger partial charge in [0.2, 0.25) is 0 Å². The second-order valence-electron chi connectivity index (χ2n) is 8.90. The molecule has 10 heteroatoms. The molecule has 2 atom stereocenters. The van der Waals surface area contributed by atoms with Gasteiger partial charge >= 0.3 is 12.1 Å². The van der Waals surface area contributed by atoms with Crippen LogP contribution in [0.1, 0.15) is 29.9 Å². The zero-order valence-electron chi connectivity index (χ0n) is 19.2. The molecule has 2 aromatic carbocycles. The van der Waals surface area contributed by atoms with Gasteiger partial charge in [-0.15, -0.1) is 0 Å². The lowest BCUT2D eigenvalue weighted by Crippen LogP contribution is -2.22. The van der Waals surface area contributed by atoms with Crippen molar-refractivity contribution in [2.45, 2.75) is 37.5 Å². The van der Waals surface area contributed by atoms with Crippen LogP contribution in [-0.2, 0) is 20.8 Å². The van der Waals surface area contributed by atoms with Crippen molar-refractivity contribution in [3.05, 3.63) is 72.3 Å². The Hall–Kier alpha value is -4.31. The fraction of sp³-hybridized carbons (Fsp3) is 0.269. The summed E-state index contributed by atoms with van der Waals surface area (Å²) in [5.41, 5.74) is 5.51. The minimum Gasteiger partial charge on any atom is -0.479 e. The van der Waals surface area contributed by atoms with Crippen LogP contribution in [0.25, 0.3) is 22.3 Å². The van der Waals surface area contributed by atoms with E-state index < -0.39 is 18.2 Å². The Morgan fingerprint density at radius 1 is 1.03 bits per heavy atom. The molecule has 1 aliphatic carbocycles. The second kappa shape index (κ2) is 9.04. The first kappa shape index (κ1) is 22.2. The van der Waals surface area contributed by atoms with Gasteiger partial charge in [-0.2, -0.15) is 0 Å². The van der Waals surface area contributed by atoms with E-state index in [0.29, 0.717) is 30.6 Å². The third kappa shape index (κ3) is 3.95. The zero-order chi connectivity index (χ0) is 24.6. The molecule has 1 amide bonds. The molecule has 182 valence electrons. The highest BCUT2D eigenvalue weighted by Gasteiger charge is 2.31. The number of carbonyl (C=O) groups excluding carboxylic acids is 1. The zero-order valence-corrected chi connectivity index (χ0v) is 19.2. The normalized spacial score (nSPS) is 18.7. The van der Waals surface area contributed by atoms with E-state index in [9.17, 15) is 9.59 Å². The van der Waals surface area contributed by atoms with Crippen molar-refractivity contribution in [2.24, 2.45) is 0 Å².